The zero-order chi connectivity index (χ0) is 13.7. The Morgan fingerprint density at radius 1 is 1.05 bits per heavy atom. The van der Waals surface area contributed by atoms with E-state index in [1.165, 1.54) is 17.7 Å². The molecule has 2 heteroatoms. The number of hydrogen-bond acceptors (Lipinski definition) is 1. The molecule has 0 N–H and O–H groups in total. The topological polar surface area (TPSA) is 17.1 Å². The smallest absolute Gasteiger partial charge is 0.163 e. The van der Waals surface area contributed by atoms with E-state index in [4.69, 9.17) is 0 Å². The number of hydrogen-bond donors (Lipinski definition) is 0. The van der Waals surface area contributed by atoms with Crippen molar-refractivity contribution in [2.45, 2.75) is 19.8 Å². The number of benzene rings is 2. The Balaban J connectivity index is 1.93. The minimum atomic E-state index is -0.311. The minimum Gasteiger partial charge on any atom is -0.294 e. The van der Waals surface area contributed by atoms with Crippen molar-refractivity contribution in [2.24, 2.45) is 5.92 Å². The maximum atomic E-state index is 12.8. The average molecular weight is 256 g/mol. The number of halogens is 1. The predicted molar refractivity (Wildman–Crippen MR) is 74.7 cm³/mol. The molecule has 0 amide bonds. The van der Waals surface area contributed by atoms with Gasteiger partial charge in [0.15, 0.2) is 5.78 Å². The molecular weight excluding hydrogens is 239 g/mol. The average Bonchev–Trinajstić information content (AvgIpc) is 2.40. The third kappa shape index (κ3) is 4.02. The zero-order valence-corrected chi connectivity index (χ0v) is 11.0. The van der Waals surface area contributed by atoms with Gasteiger partial charge in [0.25, 0.3) is 0 Å². The van der Waals surface area contributed by atoms with Gasteiger partial charge >= 0.3 is 0 Å². The molecule has 19 heavy (non-hydrogen) atoms. The van der Waals surface area contributed by atoms with E-state index in [2.05, 4.69) is 19.1 Å². The molecule has 1 atom stereocenters. The Labute approximate surface area is 113 Å². The molecule has 0 aliphatic rings. The fourth-order valence-electron chi connectivity index (χ4n) is 2.16. The second kappa shape index (κ2) is 6.28. The van der Waals surface area contributed by atoms with Crippen molar-refractivity contribution in [3.63, 3.8) is 0 Å². The van der Waals surface area contributed by atoms with Gasteiger partial charge < -0.3 is 0 Å². The Morgan fingerprint density at radius 2 is 1.68 bits per heavy atom. The SMILES string of the molecule is CC(CC(=O)c1ccc(F)cc1)Cc1ccccc1. The van der Waals surface area contributed by atoms with Gasteiger partial charge in [-0.3, -0.25) is 4.79 Å². The summed E-state index contributed by atoms with van der Waals surface area (Å²) in [6, 6.07) is 15.9. The first kappa shape index (κ1) is 13.5. The predicted octanol–water partition coefficient (Wildman–Crippen LogP) is 4.28. The summed E-state index contributed by atoms with van der Waals surface area (Å²) in [6.07, 6.45) is 1.37. The lowest BCUT2D eigenvalue weighted by molar-refractivity contribution is 0.0964. The van der Waals surface area contributed by atoms with Gasteiger partial charge in [0.05, 0.1) is 0 Å². The molecular formula is C17H17FO. The van der Waals surface area contributed by atoms with Gasteiger partial charge in [-0.25, -0.2) is 4.39 Å². The van der Waals surface area contributed by atoms with Gasteiger partial charge in [-0.2, -0.15) is 0 Å². The van der Waals surface area contributed by atoms with Crippen molar-refractivity contribution in [2.75, 3.05) is 0 Å². The Kier molecular flexibility index (Phi) is 4.45. The summed E-state index contributed by atoms with van der Waals surface area (Å²) in [6.45, 7) is 2.06. The van der Waals surface area contributed by atoms with Crippen molar-refractivity contribution in [3.8, 4) is 0 Å². The summed E-state index contributed by atoms with van der Waals surface area (Å²) in [5.74, 6) is 0.0391. The maximum absolute atomic E-state index is 12.8. The molecule has 0 saturated carbocycles. The first-order chi connectivity index (χ1) is 9.15. The molecule has 0 saturated heterocycles. The molecule has 0 bridgehead atoms. The largest absolute Gasteiger partial charge is 0.294 e. The highest BCUT2D eigenvalue weighted by Crippen LogP contribution is 2.15. The zero-order valence-electron chi connectivity index (χ0n) is 11.0. The normalized spacial score (nSPS) is 12.1. The van der Waals surface area contributed by atoms with Crippen LogP contribution in [0, 0.1) is 11.7 Å². The fraction of sp³-hybridized carbons (Fsp3) is 0.235. The van der Waals surface area contributed by atoms with Gasteiger partial charge in [0, 0.05) is 12.0 Å². The van der Waals surface area contributed by atoms with E-state index in [-0.39, 0.29) is 17.5 Å². The van der Waals surface area contributed by atoms with Crippen molar-refractivity contribution < 1.29 is 9.18 Å². The molecule has 0 radical (unpaired) electrons. The van der Waals surface area contributed by atoms with Crippen LogP contribution in [0.5, 0.6) is 0 Å². The molecule has 0 heterocycles. The van der Waals surface area contributed by atoms with Crippen molar-refractivity contribution in [1.29, 1.82) is 0 Å². The van der Waals surface area contributed by atoms with Gasteiger partial charge in [-0.1, -0.05) is 37.3 Å². The standard InChI is InChI=1S/C17H17FO/c1-13(11-14-5-3-2-4-6-14)12-17(19)15-7-9-16(18)10-8-15/h2-10,13H,11-12H2,1H3. The monoisotopic (exact) mass is 256 g/mol. The summed E-state index contributed by atoms with van der Waals surface area (Å²) in [5, 5.41) is 0. The number of ketones is 1. The van der Waals surface area contributed by atoms with Crippen molar-refractivity contribution in [3.05, 3.63) is 71.5 Å². The lowest BCUT2D eigenvalue weighted by Crippen LogP contribution is -2.08. The fourth-order valence-corrected chi connectivity index (χ4v) is 2.16. The van der Waals surface area contributed by atoms with Crippen LogP contribution in [0.3, 0.4) is 0 Å². The third-order valence-electron chi connectivity index (χ3n) is 3.13. The Hall–Kier alpha value is -1.96. The molecule has 1 unspecified atom stereocenters. The number of rotatable bonds is 5. The van der Waals surface area contributed by atoms with E-state index < -0.39 is 0 Å². The quantitative estimate of drug-likeness (QED) is 0.730. The van der Waals surface area contributed by atoms with Crippen LogP contribution in [0.15, 0.2) is 54.6 Å². The highest BCUT2D eigenvalue weighted by atomic mass is 19.1. The molecule has 0 aromatic heterocycles. The lowest BCUT2D eigenvalue weighted by atomic mass is 9.94. The van der Waals surface area contributed by atoms with Crippen molar-refractivity contribution in [1.82, 2.24) is 0 Å². The van der Waals surface area contributed by atoms with Crippen LogP contribution in [0.1, 0.15) is 29.3 Å². The van der Waals surface area contributed by atoms with E-state index >= 15 is 0 Å². The third-order valence-corrected chi connectivity index (χ3v) is 3.13. The first-order valence-corrected chi connectivity index (χ1v) is 6.48. The summed E-state index contributed by atoms with van der Waals surface area (Å²) in [5.41, 5.74) is 1.82. The summed E-state index contributed by atoms with van der Waals surface area (Å²) in [7, 11) is 0. The highest BCUT2D eigenvalue weighted by molar-refractivity contribution is 5.96. The van der Waals surface area contributed by atoms with E-state index in [1.807, 2.05) is 18.2 Å². The minimum absolute atomic E-state index is 0.0726. The number of carbonyl (C=O) groups excluding carboxylic acids is 1. The summed E-state index contributed by atoms with van der Waals surface area (Å²) < 4.78 is 12.8. The number of Topliss-reactive ketones (excluding diaryl/α,β-unsaturated/α-hetero) is 1. The molecule has 2 rings (SSSR count). The maximum Gasteiger partial charge on any atom is 0.163 e. The van der Waals surface area contributed by atoms with Crippen LogP contribution in [0.2, 0.25) is 0 Å². The number of carbonyl (C=O) groups is 1. The molecule has 98 valence electrons. The van der Waals surface area contributed by atoms with E-state index in [0.29, 0.717) is 12.0 Å². The molecule has 2 aromatic rings. The highest BCUT2D eigenvalue weighted by Gasteiger charge is 2.12. The molecule has 2 aromatic carbocycles. The molecule has 0 aliphatic carbocycles. The van der Waals surface area contributed by atoms with E-state index in [1.54, 1.807) is 12.1 Å². The van der Waals surface area contributed by atoms with Crippen LogP contribution < -0.4 is 0 Å². The van der Waals surface area contributed by atoms with E-state index in [0.717, 1.165) is 6.42 Å². The van der Waals surface area contributed by atoms with E-state index in [9.17, 15) is 9.18 Å². The molecule has 0 aliphatic heterocycles. The lowest BCUT2D eigenvalue weighted by Gasteiger charge is -2.10. The van der Waals surface area contributed by atoms with Crippen LogP contribution >= 0.6 is 0 Å². The van der Waals surface area contributed by atoms with Gasteiger partial charge in [0.2, 0.25) is 0 Å². The molecule has 0 fully saturated rings. The van der Waals surface area contributed by atoms with Gasteiger partial charge in [-0.05, 0) is 42.2 Å². The molecule has 0 spiro atoms. The van der Waals surface area contributed by atoms with Crippen LogP contribution in [-0.4, -0.2) is 5.78 Å². The van der Waals surface area contributed by atoms with Gasteiger partial charge in [-0.15, -0.1) is 0 Å². The molecule has 1 nitrogen and oxygen atoms in total. The van der Waals surface area contributed by atoms with Crippen molar-refractivity contribution >= 4 is 5.78 Å². The second-order valence-electron chi connectivity index (χ2n) is 4.93. The van der Waals surface area contributed by atoms with Crippen LogP contribution in [0.4, 0.5) is 4.39 Å². The summed E-state index contributed by atoms with van der Waals surface area (Å²) in [4.78, 5) is 12.0. The summed E-state index contributed by atoms with van der Waals surface area (Å²) >= 11 is 0. The van der Waals surface area contributed by atoms with Gasteiger partial charge in [0.1, 0.15) is 5.82 Å². The van der Waals surface area contributed by atoms with Crippen LogP contribution in [-0.2, 0) is 6.42 Å². The Bertz CT molecular complexity index is 531. The van der Waals surface area contributed by atoms with Crippen LogP contribution in [0.25, 0.3) is 0 Å². The second-order valence-corrected chi connectivity index (χ2v) is 4.93. The first-order valence-electron chi connectivity index (χ1n) is 6.48. The Morgan fingerprint density at radius 3 is 2.32 bits per heavy atom.